The van der Waals surface area contributed by atoms with Gasteiger partial charge in [-0.3, -0.25) is 4.79 Å². The number of aryl methyl sites for hydroxylation is 1. The van der Waals surface area contributed by atoms with E-state index in [1.165, 1.54) is 11.3 Å². The lowest BCUT2D eigenvalue weighted by Crippen LogP contribution is -2.45. The summed E-state index contributed by atoms with van der Waals surface area (Å²) < 4.78 is 0. The summed E-state index contributed by atoms with van der Waals surface area (Å²) in [4.78, 5) is 12.6. The Labute approximate surface area is 107 Å². The van der Waals surface area contributed by atoms with Gasteiger partial charge in [-0.2, -0.15) is 0 Å². The van der Waals surface area contributed by atoms with Gasteiger partial charge in [-0.25, -0.2) is 0 Å². The van der Waals surface area contributed by atoms with Crippen LogP contribution in [-0.4, -0.2) is 18.0 Å². The standard InChI is InChI=1S/C11H18N2OS.ClH/c1-4-8-5-6-15-9(8)10(14)13-7-11(2,3)12;/h5-6H,4,7,12H2,1-3H3,(H,13,14);1H. The van der Waals surface area contributed by atoms with Gasteiger partial charge in [0.25, 0.3) is 5.91 Å². The Balaban J connectivity index is 0.00000225. The van der Waals surface area contributed by atoms with Crippen LogP contribution in [0.5, 0.6) is 0 Å². The minimum atomic E-state index is -0.362. The zero-order valence-corrected chi connectivity index (χ0v) is 11.5. The van der Waals surface area contributed by atoms with Crippen LogP contribution in [0, 0.1) is 0 Å². The predicted molar refractivity (Wildman–Crippen MR) is 71.5 cm³/mol. The van der Waals surface area contributed by atoms with E-state index in [0.717, 1.165) is 16.9 Å². The molecule has 0 saturated carbocycles. The Morgan fingerprint density at radius 3 is 2.69 bits per heavy atom. The molecule has 0 atom stereocenters. The second-order valence-electron chi connectivity index (χ2n) is 4.30. The Morgan fingerprint density at radius 1 is 1.56 bits per heavy atom. The fraction of sp³-hybridized carbons (Fsp3) is 0.545. The SMILES string of the molecule is CCc1ccsc1C(=O)NCC(C)(C)N.Cl. The maximum Gasteiger partial charge on any atom is 0.261 e. The molecule has 16 heavy (non-hydrogen) atoms. The molecular formula is C11H19ClN2OS. The highest BCUT2D eigenvalue weighted by Gasteiger charge is 2.15. The van der Waals surface area contributed by atoms with Gasteiger partial charge < -0.3 is 11.1 Å². The molecule has 1 aromatic rings. The van der Waals surface area contributed by atoms with Crippen LogP contribution in [0.3, 0.4) is 0 Å². The van der Waals surface area contributed by atoms with Crippen molar-refractivity contribution in [3.8, 4) is 0 Å². The van der Waals surface area contributed by atoms with Gasteiger partial charge in [0.1, 0.15) is 0 Å². The number of amides is 1. The van der Waals surface area contributed by atoms with E-state index in [1.54, 1.807) is 0 Å². The van der Waals surface area contributed by atoms with Crippen molar-refractivity contribution >= 4 is 29.7 Å². The van der Waals surface area contributed by atoms with Gasteiger partial charge in [-0.05, 0) is 37.3 Å². The van der Waals surface area contributed by atoms with Gasteiger partial charge in [0.05, 0.1) is 4.88 Å². The minimum Gasteiger partial charge on any atom is -0.350 e. The number of halogens is 1. The molecule has 1 rings (SSSR count). The molecule has 5 heteroatoms. The van der Waals surface area contributed by atoms with Crippen molar-refractivity contribution in [3.05, 3.63) is 21.9 Å². The lowest BCUT2D eigenvalue weighted by molar-refractivity contribution is 0.0949. The molecule has 0 aliphatic carbocycles. The zero-order chi connectivity index (χ0) is 11.5. The molecule has 0 aliphatic rings. The molecule has 3 nitrogen and oxygen atoms in total. The molecule has 1 heterocycles. The summed E-state index contributed by atoms with van der Waals surface area (Å²) in [7, 11) is 0. The van der Waals surface area contributed by atoms with Crippen molar-refractivity contribution in [2.75, 3.05) is 6.54 Å². The lowest BCUT2D eigenvalue weighted by Gasteiger charge is -2.18. The first-order valence-corrected chi connectivity index (χ1v) is 5.95. The molecule has 0 bridgehead atoms. The van der Waals surface area contributed by atoms with E-state index in [9.17, 15) is 4.79 Å². The molecule has 92 valence electrons. The topological polar surface area (TPSA) is 55.1 Å². The van der Waals surface area contributed by atoms with Crippen LogP contribution in [0.15, 0.2) is 11.4 Å². The molecule has 0 saturated heterocycles. The predicted octanol–water partition coefficient (Wildman–Crippen LogP) is 2.20. The first-order valence-electron chi connectivity index (χ1n) is 5.07. The number of hydrogen-bond donors (Lipinski definition) is 2. The lowest BCUT2D eigenvalue weighted by atomic mass is 10.1. The Morgan fingerprint density at radius 2 is 2.19 bits per heavy atom. The van der Waals surface area contributed by atoms with E-state index in [-0.39, 0.29) is 23.9 Å². The van der Waals surface area contributed by atoms with E-state index in [0.29, 0.717) is 6.54 Å². The van der Waals surface area contributed by atoms with Crippen LogP contribution in [0.25, 0.3) is 0 Å². The third kappa shape index (κ3) is 4.51. The van der Waals surface area contributed by atoms with Crippen LogP contribution < -0.4 is 11.1 Å². The van der Waals surface area contributed by atoms with Crippen molar-refractivity contribution in [2.45, 2.75) is 32.7 Å². The fourth-order valence-electron chi connectivity index (χ4n) is 1.20. The third-order valence-electron chi connectivity index (χ3n) is 2.04. The minimum absolute atomic E-state index is 0. The Kier molecular flexibility index (Phi) is 6.00. The van der Waals surface area contributed by atoms with Gasteiger partial charge in [-0.15, -0.1) is 23.7 Å². The average Bonchev–Trinajstić information content (AvgIpc) is 2.60. The van der Waals surface area contributed by atoms with Crippen molar-refractivity contribution in [2.24, 2.45) is 5.73 Å². The number of carbonyl (C=O) groups is 1. The normalized spacial score (nSPS) is 10.8. The van der Waals surface area contributed by atoms with Gasteiger partial charge in [0, 0.05) is 12.1 Å². The average molecular weight is 263 g/mol. The van der Waals surface area contributed by atoms with E-state index >= 15 is 0 Å². The molecule has 1 amide bonds. The maximum absolute atomic E-state index is 11.8. The molecule has 3 N–H and O–H groups in total. The number of nitrogens with two attached hydrogens (primary N) is 1. The molecule has 0 radical (unpaired) electrons. The van der Waals surface area contributed by atoms with Crippen LogP contribution in [-0.2, 0) is 6.42 Å². The molecule has 0 fully saturated rings. The van der Waals surface area contributed by atoms with E-state index < -0.39 is 0 Å². The van der Waals surface area contributed by atoms with Crippen molar-refractivity contribution < 1.29 is 4.79 Å². The van der Waals surface area contributed by atoms with Gasteiger partial charge in [0.2, 0.25) is 0 Å². The summed E-state index contributed by atoms with van der Waals surface area (Å²) >= 11 is 1.48. The van der Waals surface area contributed by atoms with Crippen molar-refractivity contribution in [1.29, 1.82) is 0 Å². The number of rotatable bonds is 4. The van der Waals surface area contributed by atoms with E-state index in [1.807, 2.05) is 32.2 Å². The molecule has 0 unspecified atom stereocenters. The Bertz CT molecular complexity index is 344. The quantitative estimate of drug-likeness (QED) is 0.874. The first-order chi connectivity index (χ1) is 6.94. The highest BCUT2D eigenvalue weighted by molar-refractivity contribution is 7.12. The van der Waals surface area contributed by atoms with E-state index in [2.05, 4.69) is 5.32 Å². The monoisotopic (exact) mass is 262 g/mol. The zero-order valence-electron chi connectivity index (χ0n) is 9.87. The number of thiophene rings is 1. The summed E-state index contributed by atoms with van der Waals surface area (Å²) in [6, 6.07) is 1.99. The number of carbonyl (C=O) groups excluding carboxylic acids is 1. The van der Waals surface area contributed by atoms with Crippen molar-refractivity contribution in [3.63, 3.8) is 0 Å². The molecule has 0 spiro atoms. The summed E-state index contributed by atoms with van der Waals surface area (Å²) in [5.41, 5.74) is 6.54. The molecule has 0 aliphatic heterocycles. The third-order valence-corrected chi connectivity index (χ3v) is 2.99. The van der Waals surface area contributed by atoms with Gasteiger partial charge in [0.15, 0.2) is 0 Å². The smallest absolute Gasteiger partial charge is 0.261 e. The number of nitrogens with one attached hydrogen (secondary N) is 1. The second kappa shape index (κ2) is 6.23. The van der Waals surface area contributed by atoms with Crippen LogP contribution in [0.2, 0.25) is 0 Å². The van der Waals surface area contributed by atoms with Crippen LogP contribution in [0.4, 0.5) is 0 Å². The summed E-state index contributed by atoms with van der Waals surface area (Å²) in [5, 5.41) is 4.79. The van der Waals surface area contributed by atoms with Gasteiger partial charge >= 0.3 is 0 Å². The largest absolute Gasteiger partial charge is 0.350 e. The highest BCUT2D eigenvalue weighted by atomic mass is 35.5. The second-order valence-corrected chi connectivity index (χ2v) is 5.22. The van der Waals surface area contributed by atoms with Crippen molar-refractivity contribution in [1.82, 2.24) is 5.32 Å². The summed E-state index contributed by atoms with van der Waals surface area (Å²) in [5.74, 6) is -0.0135. The van der Waals surface area contributed by atoms with Crippen LogP contribution in [0.1, 0.15) is 36.0 Å². The molecule has 0 aromatic carbocycles. The van der Waals surface area contributed by atoms with Gasteiger partial charge in [-0.1, -0.05) is 6.92 Å². The maximum atomic E-state index is 11.8. The highest BCUT2D eigenvalue weighted by Crippen LogP contribution is 2.17. The summed E-state index contributed by atoms with van der Waals surface area (Å²) in [6.45, 7) is 6.32. The molecular weight excluding hydrogens is 244 g/mol. The fourth-order valence-corrected chi connectivity index (χ4v) is 2.11. The van der Waals surface area contributed by atoms with Crippen LogP contribution >= 0.6 is 23.7 Å². The number of hydrogen-bond acceptors (Lipinski definition) is 3. The summed E-state index contributed by atoms with van der Waals surface area (Å²) in [6.07, 6.45) is 0.887. The molecule has 1 aromatic heterocycles. The van der Waals surface area contributed by atoms with E-state index in [4.69, 9.17) is 5.73 Å². The first kappa shape index (κ1) is 15.4. The Hall–Kier alpha value is -0.580.